The van der Waals surface area contributed by atoms with Crippen LogP contribution in [0.3, 0.4) is 0 Å². The predicted octanol–water partition coefficient (Wildman–Crippen LogP) is 3.55. The summed E-state index contributed by atoms with van der Waals surface area (Å²) in [6.45, 7) is 9.67. The van der Waals surface area contributed by atoms with E-state index in [1.54, 1.807) is 0 Å². The van der Waals surface area contributed by atoms with Gasteiger partial charge in [0.05, 0.1) is 0 Å². The molecule has 1 rings (SSSR count). The molecule has 114 valence electrons. The van der Waals surface area contributed by atoms with E-state index < -0.39 is 0 Å². The molecule has 0 fully saturated rings. The Morgan fingerprint density at radius 2 is 1.85 bits per heavy atom. The van der Waals surface area contributed by atoms with Crippen molar-refractivity contribution in [3.05, 3.63) is 35.9 Å². The maximum Gasteiger partial charge on any atom is 0.191 e. The topological polar surface area (TPSA) is 36.4 Å². The van der Waals surface area contributed by atoms with Crippen LogP contribution in [0.15, 0.2) is 35.3 Å². The lowest BCUT2D eigenvalue weighted by Crippen LogP contribution is -2.46. The summed E-state index contributed by atoms with van der Waals surface area (Å²) in [6.07, 6.45) is 1.09. The van der Waals surface area contributed by atoms with Gasteiger partial charge in [-0.3, -0.25) is 4.99 Å². The van der Waals surface area contributed by atoms with Gasteiger partial charge in [0.1, 0.15) is 0 Å². The number of hydrogen-bond acceptors (Lipinski definition) is 1. The molecule has 0 amide bonds. The normalized spacial score (nSPS) is 13.3. The molecule has 0 aliphatic heterocycles. The molecule has 0 spiro atoms. The molecule has 2 N–H and O–H groups in total. The lowest BCUT2D eigenvalue weighted by atomic mass is 9.85. The minimum Gasteiger partial charge on any atom is -0.356 e. The van der Waals surface area contributed by atoms with Gasteiger partial charge in [0.2, 0.25) is 0 Å². The molecule has 1 unspecified atom stereocenters. The number of nitrogens with zero attached hydrogens (tertiary/aromatic N) is 1. The average molecular weight is 389 g/mol. The molecule has 0 saturated carbocycles. The van der Waals surface area contributed by atoms with Crippen molar-refractivity contribution in [1.82, 2.24) is 10.6 Å². The Labute approximate surface area is 140 Å². The first-order valence-electron chi connectivity index (χ1n) is 7.02. The number of halogens is 1. The van der Waals surface area contributed by atoms with Crippen LogP contribution in [0.1, 0.15) is 39.7 Å². The lowest BCUT2D eigenvalue weighted by Gasteiger charge is -2.27. The van der Waals surface area contributed by atoms with Crippen molar-refractivity contribution in [3.63, 3.8) is 0 Å². The number of aliphatic imine (C=N–C) groups is 1. The van der Waals surface area contributed by atoms with E-state index in [4.69, 9.17) is 0 Å². The maximum atomic E-state index is 4.27. The Bertz CT molecular complexity index is 401. The van der Waals surface area contributed by atoms with E-state index in [9.17, 15) is 0 Å². The molecule has 1 aromatic rings. The smallest absolute Gasteiger partial charge is 0.191 e. The molecule has 4 heteroatoms. The van der Waals surface area contributed by atoms with E-state index in [1.165, 1.54) is 5.56 Å². The summed E-state index contributed by atoms with van der Waals surface area (Å²) in [7, 11) is 1.81. The zero-order valence-electron chi connectivity index (χ0n) is 13.2. The Hall–Kier alpha value is -0.780. The third kappa shape index (κ3) is 6.11. The molecular weight excluding hydrogens is 361 g/mol. The van der Waals surface area contributed by atoms with Gasteiger partial charge < -0.3 is 10.6 Å². The summed E-state index contributed by atoms with van der Waals surface area (Å²) in [5.74, 6) is 0.873. The molecule has 0 aromatic heterocycles. The van der Waals surface area contributed by atoms with Crippen molar-refractivity contribution < 1.29 is 0 Å². The Morgan fingerprint density at radius 1 is 1.25 bits per heavy atom. The summed E-state index contributed by atoms with van der Waals surface area (Å²) in [6, 6.07) is 11.0. The Kier molecular flexibility index (Phi) is 8.85. The van der Waals surface area contributed by atoms with Crippen LogP contribution in [0.5, 0.6) is 0 Å². The number of guanidine groups is 1. The van der Waals surface area contributed by atoms with Crippen molar-refractivity contribution in [3.8, 4) is 0 Å². The lowest BCUT2D eigenvalue weighted by molar-refractivity contribution is 0.504. The Morgan fingerprint density at radius 3 is 2.35 bits per heavy atom. The van der Waals surface area contributed by atoms with Gasteiger partial charge in [-0.15, -0.1) is 24.0 Å². The average Bonchev–Trinajstić information content (AvgIpc) is 2.44. The highest BCUT2D eigenvalue weighted by molar-refractivity contribution is 14.0. The van der Waals surface area contributed by atoms with Gasteiger partial charge in [-0.25, -0.2) is 0 Å². The highest BCUT2D eigenvalue weighted by atomic mass is 127. The fraction of sp³-hybridized carbons (Fsp3) is 0.562. The van der Waals surface area contributed by atoms with Crippen LogP contribution in [0.25, 0.3) is 0 Å². The third-order valence-corrected chi connectivity index (χ3v) is 3.47. The highest BCUT2D eigenvalue weighted by Gasteiger charge is 2.20. The predicted molar refractivity (Wildman–Crippen MR) is 99.1 cm³/mol. The number of hydrogen-bond donors (Lipinski definition) is 2. The Balaban J connectivity index is 0.00000361. The molecule has 0 saturated heterocycles. The molecule has 0 radical (unpaired) electrons. The van der Waals surface area contributed by atoms with E-state index in [0.29, 0.717) is 6.04 Å². The number of nitrogens with one attached hydrogen (secondary N) is 2. The largest absolute Gasteiger partial charge is 0.356 e. The molecule has 3 nitrogen and oxygen atoms in total. The van der Waals surface area contributed by atoms with E-state index in [0.717, 1.165) is 18.9 Å². The fourth-order valence-corrected chi connectivity index (χ4v) is 1.83. The first kappa shape index (κ1) is 19.2. The van der Waals surface area contributed by atoms with Gasteiger partial charge in [-0.2, -0.15) is 0 Å². The summed E-state index contributed by atoms with van der Waals surface area (Å²) < 4.78 is 0. The summed E-state index contributed by atoms with van der Waals surface area (Å²) in [4.78, 5) is 4.27. The second-order valence-corrected chi connectivity index (χ2v) is 5.63. The quantitative estimate of drug-likeness (QED) is 0.459. The first-order chi connectivity index (χ1) is 8.99. The maximum absolute atomic E-state index is 4.27. The molecule has 1 atom stereocenters. The van der Waals surface area contributed by atoms with Gasteiger partial charge in [0.15, 0.2) is 5.96 Å². The monoisotopic (exact) mass is 389 g/mol. The van der Waals surface area contributed by atoms with Crippen molar-refractivity contribution in [2.75, 3.05) is 13.6 Å². The second-order valence-electron chi connectivity index (χ2n) is 5.63. The SMILES string of the molecule is CCC(C)NC(=NC)NCC(C)(C)c1ccccc1.I. The summed E-state index contributed by atoms with van der Waals surface area (Å²) in [5, 5.41) is 6.79. The first-order valence-corrected chi connectivity index (χ1v) is 7.02. The number of rotatable bonds is 5. The van der Waals surface area contributed by atoms with Gasteiger partial charge in [-0.05, 0) is 18.9 Å². The molecule has 1 aromatic carbocycles. The van der Waals surface area contributed by atoms with Crippen LogP contribution in [0.4, 0.5) is 0 Å². The zero-order chi connectivity index (χ0) is 14.3. The standard InChI is InChI=1S/C16H27N3.HI/c1-6-13(2)19-15(17-5)18-12-16(3,4)14-10-8-7-9-11-14;/h7-11,13H,6,12H2,1-5H3,(H2,17,18,19);1H. The van der Waals surface area contributed by atoms with Crippen LogP contribution in [-0.2, 0) is 5.41 Å². The van der Waals surface area contributed by atoms with Gasteiger partial charge in [0.25, 0.3) is 0 Å². The highest BCUT2D eigenvalue weighted by Crippen LogP contribution is 2.21. The van der Waals surface area contributed by atoms with Crippen LogP contribution in [0.2, 0.25) is 0 Å². The van der Waals surface area contributed by atoms with Crippen molar-refractivity contribution in [2.45, 2.75) is 45.6 Å². The summed E-state index contributed by atoms with van der Waals surface area (Å²) in [5.41, 5.74) is 1.41. The van der Waals surface area contributed by atoms with Crippen molar-refractivity contribution in [1.29, 1.82) is 0 Å². The minimum absolute atomic E-state index is 0. The molecule has 0 aliphatic rings. The molecule has 0 aliphatic carbocycles. The van der Waals surface area contributed by atoms with Crippen molar-refractivity contribution >= 4 is 29.9 Å². The van der Waals surface area contributed by atoms with Crippen LogP contribution in [-0.4, -0.2) is 25.6 Å². The number of benzene rings is 1. The van der Waals surface area contributed by atoms with E-state index in [2.05, 4.69) is 73.7 Å². The van der Waals surface area contributed by atoms with Crippen LogP contribution >= 0.6 is 24.0 Å². The molecular formula is C16H28IN3. The van der Waals surface area contributed by atoms with Crippen LogP contribution < -0.4 is 10.6 Å². The van der Waals surface area contributed by atoms with Gasteiger partial charge in [0, 0.05) is 25.0 Å². The van der Waals surface area contributed by atoms with E-state index in [1.807, 2.05) is 7.05 Å². The van der Waals surface area contributed by atoms with Gasteiger partial charge in [-0.1, -0.05) is 51.1 Å². The zero-order valence-corrected chi connectivity index (χ0v) is 15.6. The second kappa shape index (κ2) is 9.21. The molecule has 0 heterocycles. The van der Waals surface area contributed by atoms with E-state index >= 15 is 0 Å². The molecule has 20 heavy (non-hydrogen) atoms. The minimum atomic E-state index is 0. The van der Waals surface area contributed by atoms with E-state index in [-0.39, 0.29) is 29.4 Å². The molecule has 0 bridgehead atoms. The van der Waals surface area contributed by atoms with Gasteiger partial charge >= 0.3 is 0 Å². The third-order valence-electron chi connectivity index (χ3n) is 3.47. The van der Waals surface area contributed by atoms with Crippen LogP contribution in [0, 0.1) is 0 Å². The fourth-order valence-electron chi connectivity index (χ4n) is 1.83. The van der Waals surface area contributed by atoms with Crippen molar-refractivity contribution in [2.24, 2.45) is 4.99 Å². The summed E-state index contributed by atoms with van der Waals surface area (Å²) >= 11 is 0.